The second-order valence-corrected chi connectivity index (χ2v) is 32.3. The van der Waals surface area contributed by atoms with Crippen LogP contribution >= 0.6 is 41.4 Å². The Morgan fingerprint density at radius 2 is 1.88 bits per heavy atom. The molecule has 0 radical (unpaired) electrons. The van der Waals surface area contributed by atoms with Gasteiger partial charge in [-0.1, -0.05) is 0 Å². The molecule has 1 aromatic rings. The van der Waals surface area contributed by atoms with E-state index in [1.165, 1.54) is 25.4 Å². The molecule has 0 spiro atoms. The van der Waals surface area contributed by atoms with Crippen LogP contribution in [0.15, 0.2) is 32.9 Å². The molecule has 0 aliphatic rings. The predicted molar refractivity (Wildman–Crippen MR) is 86.7 cm³/mol. The van der Waals surface area contributed by atoms with Gasteiger partial charge < -0.3 is 0 Å². The summed E-state index contributed by atoms with van der Waals surface area (Å²) in [6.07, 6.45) is 4.74. The molecule has 0 aliphatic carbocycles. The summed E-state index contributed by atoms with van der Waals surface area (Å²) in [7, 11) is 0. The average molecular weight is 527 g/mol. The SMILES string of the molecule is CCCC[Te](Br)(Br)/C(Br)=C/c1ccccc1. The van der Waals surface area contributed by atoms with E-state index in [4.69, 9.17) is 0 Å². The topological polar surface area (TPSA) is 0 Å². The second-order valence-electron chi connectivity index (χ2n) is 3.49. The van der Waals surface area contributed by atoms with Crippen molar-refractivity contribution < 1.29 is 0 Å². The number of rotatable bonds is 5. The van der Waals surface area contributed by atoms with Crippen molar-refractivity contribution in [2.24, 2.45) is 0 Å². The van der Waals surface area contributed by atoms with E-state index in [-0.39, 0.29) is 0 Å². The number of halogens is 3. The fourth-order valence-electron chi connectivity index (χ4n) is 1.19. The van der Waals surface area contributed by atoms with Crippen molar-refractivity contribution >= 4 is 61.3 Å². The van der Waals surface area contributed by atoms with E-state index < -0.39 is 13.8 Å². The molecule has 0 saturated carbocycles. The zero-order valence-corrected chi connectivity index (χ0v) is 16.2. The van der Waals surface area contributed by atoms with Crippen LogP contribution in [0.3, 0.4) is 0 Å². The Labute approximate surface area is 122 Å². The molecule has 90 valence electrons. The predicted octanol–water partition coefficient (Wildman–Crippen LogP) is 5.99. The van der Waals surface area contributed by atoms with Gasteiger partial charge in [0.25, 0.3) is 0 Å². The van der Waals surface area contributed by atoms with Gasteiger partial charge in [-0.25, -0.2) is 0 Å². The second kappa shape index (κ2) is 7.59. The summed E-state index contributed by atoms with van der Waals surface area (Å²) in [5.74, 6) is 0. The van der Waals surface area contributed by atoms with E-state index in [1.807, 2.05) is 6.07 Å². The summed E-state index contributed by atoms with van der Waals surface area (Å²) in [5, 5.41) is 0. The van der Waals surface area contributed by atoms with Crippen LogP contribution in [0.1, 0.15) is 25.3 Å². The van der Waals surface area contributed by atoms with E-state index in [0.717, 1.165) is 0 Å². The minimum atomic E-state index is -2.15. The Hall–Kier alpha value is 1.19. The van der Waals surface area contributed by atoms with Gasteiger partial charge in [0.2, 0.25) is 0 Å². The molecule has 0 heterocycles. The summed E-state index contributed by atoms with van der Waals surface area (Å²) >= 11 is 9.36. The van der Waals surface area contributed by atoms with Crippen molar-refractivity contribution in [2.45, 2.75) is 24.2 Å². The number of unbranched alkanes of at least 4 members (excludes halogenated alkanes) is 1. The Morgan fingerprint density at radius 1 is 1.25 bits per heavy atom. The quantitative estimate of drug-likeness (QED) is 0.414. The van der Waals surface area contributed by atoms with Crippen molar-refractivity contribution in [3.8, 4) is 0 Å². The molecule has 0 N–H and O–H groups in total. The van der Waals surface area contributed by atoms with Crippen molar-refractivity contribution in [1.29, 1.82) is 0 Å². The first-order valence-corrected chi connectivity index (χ1v) is 19.2. The van der Waals surface area contributed by atoms with Crippen LogP contribution < -0.4 is 0 Å². The van der Waals surface area contributed by atoms with Gasteiger partial charge in [-0.3, -0.25) is 0 Å². The first-order chi connectivity index (χ1) is 7.56. The van der Waals surface area contributed by atoms with Gasteiger partial charge in [0.1, 0.15) is 0 Å². The van der Waals surface area contributed by atoms with Crippen molar-refractivity contribution in [3.05, 3.63) is 38.4 Å². The van der Waals surface area contributed by atoms with Crippen molar-refractivity contribution in [3.63, 3.8) is 0 Å². The molecule has 16 heavy (non-hydrogen) atoms. The molecule has 0 fully saturated rings. The summed E-state index contributed by atoms with van der Waals surface area (Å²) in [5.41, 5.74) is 1.25. The molecular weight excluding hydrogens is 511 g/mol. The van der Waals surface area contributed by atoms with E-state index in [2.05, 4.69) is 78.7 Å². The maximum atomic E-state index is 3.90. The molecule has 0 aromatic heterocycles. The summed E-state index contributed by atoms with van der Waals surface area (Å²) < 4.78 is 2.57. The zero-order valence-electron chi connectivity index (χ0n) is 9.13. The molecule has 1 rings (SSSR count). The van der Waals surface area contributed by atoms with Crippen molar-refractivity contribution in [1.82, 2.24) is 0 Å². The molecule has 0 aliphatic heterocycles. The van der Waals surface area contributed by atoms with E-state index in [9.17, 15) is 0 Å². The molecule has 0 saturated heterocycles. The number of hydrogen-bond donors (Lipinski definition) is 0. The Kier molecular flexibility index (Phi) is 7.23. The van der Waals surface area contributed by atoms with Crippen LogP contribution in [0.4, 0.5) is 0 Å². The van der Waals surface area contributed by atoms with E-state index >= 15 is 0 Å². The third kappa shape index (κ3) is 5.23. The maximum absolute atomic E-state index is 3.90. The third-order valence-corrected chi connectivity index (χ3v) is 25.2. The summed E-state index contributed by atoms with van der Waals surface area (Å²) in [6.45, 7) is 2.23. The van der Waals surface area contributed by atoms with Crippen LogP contribution in [0.2, 0.25) is 4.47 Å². The van der Waals surface area contributed by atoms with Gasteiger partial charge in [-0.05, 0) is 0 Å². The van der Waals surface area contributed by atoms with Crippen LogP contribution in [0, 0.1) is 0 Å². The van der Waals surface area contributed by atoms with Gasteiger partial charge in [0, 0.05) is 0 Å². The normalized spacial score (nSPS) is 13.9. The monoisotopic (exact) mass is 526 g/mol. The first kappa shape index (κ1) is 15.2. The molecule has 4 heteroatoms. The molecule has 0 nitrogen and oxygen atoms in total. The van der Waals surface area contributed by atoms with Crippen molar-refractivity contribution in [2.75, 3.05) is 0 Å². The standard InChI is InChI=1S/C12H15Br3Te/c1-2-3-9-16(14,15)12(13)10-11-7-5-4-6-8-11/h4-8,10H,2-3,9H2,1H3/b12-10+. The molecular formula is C12H15Br3Te. The summed E-state index contributed by atoms with van der Waals surface area (Å²) in [4.78, 5) is 0. The fourth-order valence-corrected chi connectivity index (χ4v) is 10.2. The molecule has 0 amide bonds. The van der Waals surface area contributed by atoms with Gasteiger partial charge in [-0.15, -0.1) is 0 Å². The molecule has 0 unspecified atom stereocenters. The van der Waals surface area contributed by atoms with Gasteiger partial charge >= 0.3 is 124 Å². The minimum absolute atomic E-state index is 1.25. The number of hydrogen-bond acceptors (Lipinski definition) is 0. The van der Waals surface area contributed by atoms with Gasteiger partial charge in [0.05, 0.1) is 0 Å². The van der Waals surface area contributed by atoms with Gasteiger partial charge in [0.15, 0.2) is 0 Å². The van der Waals surface area contributed by atoms with E-state index in [1.54, 1.807) is 0 Å². The van der Waals surface area contributed by atoms with Crippen LogP contribution in [-0.4, -0.2) is 13.8 Å². The van der Waals surface area contributed by atoms with Crippen LogP contribution in [0.25, 0.3) is 6.08 Å². The van der Waals surface area contributed by atoms with Gasteiger partial charge in [-0.2, -0.15) is 0 Å². The Bertz CT molecular complexity index is 347. The number of benzene rings is 1. The molecule has 0 atom stereocenters. The first-order valence-electron chi connectivity index (χ1n) is 5.19. The van der Waals surface area contributed by atoms with Crippen LogP contribution in [-0.2, 0) is 0 Å². The molecule has 0 bridgehead atoms. The Balaban J connectivity index is 2.76. The Morgan fingerprint density at radius 3 is 2.44 bits per heavy atom. The fraction of sp³-hybridized carbons (Fsp3) is 0.333. The zero-order chi connectivity index (χ0) is 12.0. The summed E-state index contributed by atoms with van der Waals surface area (Å²) in [6, 6.07) is 10.4. The third-order valence-electron chi connectivity index (χ3n) is 2.12. The van der Waals surface area contributed by atoms with E-state index in [0.29, 0.717) is 0 Å². The molecule has 1 aromatic carbocycles. The van der Waals surface area contributed by atoms with Crippen LogP contribution in [0.5, 0.6) is 0 Å². The average Bonchev–Trinajstić information content (AvgIpc) is 2.28.